The number of halogens is 3. The van der Waals surface area contributed by atoms with E-state index in [1.807, 2.05) is 11.8 Å². The normalized spacial score (nSPS) is 20.5. The molecular weight excluding hydrogens is 251 g/mol. The summed E-state index contributed by atoms with van der Waals surface area (Å²) >= 11 is 1.90. The second-order valence-corrected chi connectivity index (χ2v) is 5.06. The summed E-state index contributed by atoms with van der Waals surface area (Å²) in [6.45, 7) is 0.743. The first kappa shape index (κ1) is 12.5. The molecule has 0 aromatic carbocycles. The molecule has 1 aromatic heterocycles. The molecule has 1 unspecified atom stereocenters. The van der Waals surface area contributed by atoms with Gasteiger partial charge in [0.25, 0.3) is 0 Å². The lowest BCUT2D eigenvalue weighted by Gasteiger charge is -2.10. The Bertz CT molecular complexity index is 360. The summed E-state index contributed by atoms with van der Waals surface area (Å²) in [4.78, 5) is 0. The molecule has 1 aliphatic rings. The average Bonchev–Trinajstić information content (AvgIpc) is 2.78. The standard InChI is InChI=1S/C10H12F3N3S/c11-10(12,13)8-1-2-9(16-15-8)14-5-7-3-4-17-6-7/h1-2,7H,3-6H2,(H,14,16). The van der Waals surface area contributed by atoms with E-state index in [4.69, 9.17) is 0 Å². The van der Waals surface area contributed by atoms with Gasteiger partial charge >= 0.3 is 6.18 Å². The van der Waals surface area contributed by atoms with Crippen LogP contribution in [0.1, 0.15) is 12.1 Å². The van der Waals surface area contributed by atoms with Gasteiger partial charge in [0.1, 0.15) is 5.82 Å². The lowest BCUT2D eigenvalue weighted by atomic mass is 10.1. The molecule has 94 valence electrons. The smallest absolute Gasteiger partial charge is 0.368 e. The lowest BCUT2D eigenvalue weighted by Crippen LogP contribution is -2.15. The molecule has 1 saturated heterocycles. The fraction of sp³-hybridized carbons (Fsp3) is 0.600. The third-order valence-electron chi connectivity index (χ3n) is 2.55. The quantitative estimate of drug-likeness (QED) is 0.909. The molecule has 1 atom stereocenters. The second kappa shape index (κ2) is 5.12. The van der Waals surface area contributed by atoms with Crippen LogP contribution in [0.3, 0.4) is 0 Å². The number of hydrogen-bond acceptors (Lipinski definition) is 4. The molecular formula is C10H12F3N3S. The maximum absolute atomic E-state index is 12.2. The number of nitrogens with zero attached hydrogens (tertiary/aromatic N) is 2. The van der Waals surface area contributed by atoms with Gasteiger partial charge in [0, 0.05) is 6.54 Å². The van der Waals surface area contributed by atoms with Crippen LogP contribution in [0.5, 0.6) is 0 Å². The van der Waals surface area contributed by atoms with Crippen LogP contribution in [0.25, 0.3) is 0 Å². The van der Waals surface area contributed by atoms with Crippen LogP contribution < -0.4 is 5.32 Å². The van der Waals surface area contributed by atoms with Crippen molar-refractivity contribution in [3.63, 3.8) is 0 Å². The van der Waals surface area contributed by atoms with Crippen molar-refractivity contribution in [2.75, 3.05) is 23.4 Å². The second-order valence-electron chi connectivity index (χ2n) is 3.91. The minimum absolute atomic E-state index is 0.398. The van der Waals surface area contributed by atoms with E-state index in [9.17, 15) is 13.2 Å². The minimum atomic E-state index is -4.42. The first-order valence-corrected chi connectivity index (χ1v) is 6.44. The van der Waals surface area contributed by atoms with E-state index in [2.05, 4.69) is 15.5 Å². The number of anilines is 1. The van der Waals surface area contributed by atoms with Crippen LogP contribution in [-0.4, -0.2) is 28.2 Å². The molecule has 0 amide bonds. The molecule has 1 aliphatic heterocycles. The van der Waals surface area contributed by atoms with Crippen molar-refractivity contribution in [2.45, 2.75) is 12.6 Å². The monoisotopic (exact) mass is 263 g/mol. The molecule has 1 aromatic rings. The van der Waals surface area contributed by atoms with Gasteiger partial charge in [0.05, 0.1) is 0 Å². The topological polar surface area (TPSA) is 37.8 Å². The third kappa shape index (κ3) is 3.49. The molecule has 3 nitrogen and oxygen atoms in total. The molecule has 0 spiro atoms. The Labute approximate surface area is 101 Å². The van der Waals surface area contributed by atoms with Gasteiger partial charge in [-0.05, 0) is 36.0 Å². The van der Waals surface area contributed by atoms with Crippen molar-refractivity contribution in [3.05, 3.63) is 17.8 Å². The fourth-order valence-electron chi connectivity index (χ4n) is 1.57. The minimum Gasteiger partial charge on any atom is -0.368 e. The Kier molecular flexibility index (Phi) is 3.76. The number of hydrogen-bond donors (Lipinski definition) is 1. The van der Waals surface area contributed by atoms with E-state index < -0.39 is 11.9 Å². The van der Waals surface area contributed by atoms with E-state index in [0.29, 0.717) is 11.7 Å². The fourth-order valence-corrected chi connectivity index (χ4v) is 2.86. The highest BCUT2D eigenvalue weighted by Crippen LogP contribution is 2.27. The summed E-state index contributed by atoms with van der Waals surface area (Å²) in [7, 11) is 0. The summed E-state index contributed by atoms with van der Waals surface area (Å²) in [5.41, 5.74) is -0.959. The lowest BCUT2D eigenvalue weighted by molar-refractivity contribution is -0.141. The molecule has 17 heavy (non-hydrogen) atoms. The van der Waals surface area contributed by atoms with Gasteiger partial charge < -0.3 is 5.32 Å². The van der Waals surface area contributed by atoms with Gasteiger partial charge in [-0.15, -0.1) is 10.2 Å². The summed E-state index contributed by atoms with van der Waals surface area (Å²) in [5.74, 6) is 3.23. The Morgan fingerprint density at radius 1 is 1.35 bits per heavy atom. The van der Waals surface area contributed by atoms with Crippen molar-refractivity contribution in [1.29, 1.82) is 0 Å². The van der Waals surface area contributed by atoms with E-state index in [-0.39, 0.29) is 0 Å². The maximum atomic E-state index is 12.2. The summed E-state index contributed by atoms with van der Waals surface area (Å²) in [6.07, 6.45) is -3.28. The average molecular weight is 263 g/mol. The van der Waals surface area contributed by atoms with Gasteiger partial charge in [-0.1, -0.05) is 0 Å². The number of alkyl halides is 3. The number of rotatable bonds is 3. The van der Waals surface area contributed by atoms with E-state index >= 15 is 0 Å². The Hall–Kier alpha value is -0.980. The Morgan fingerprint density at radius 2 is 2.18 bits per heavy atom. The highest BCUT2D eigenvalue weighted by atomic mass is 32.2. The van der Waals surface area contributed by atoms with Crippen LogP contribution in [0.2, 0.25) is 0 Å². The van der Waals surface area contributed by atoms with Gasteiger partial charge in [0.2, 0.25) is 0 Å². The first-order valence-electron chi connectivity index (χ1n) is 5.28. The molecule has 2 rings (SSSR count). The van der Waals surface area contributed by atoms with Crippen molar-refractivity contribution in [1.82, 2.24) is 10.2 Å². The largest absolute Gasteiger partial charge is 0.435 e. The molecule has 0 saturated carbocycles. The van der Waals surface area contributed by atoms with Crippen LogP contribution in [0, 0.1) is 5.92 Å². The molecule has 0 bridgehead atoms. The van der Waals surface area contributed by atoms with E-state index in [1.165, 1.54) is 6.07 Å². The van der Waals surface area contributed by atoms with Gasteiger partial charge in [-0.3, -0.25) is 0 Å². The summed E-state index contributed by atoms with van der Waals surface area (Å²) < 4.78 is 36.7. The summed E-state index contributed by atoms with van der Waals surface area (Å²) in [6, 6.07) is 2.26. The highest BCUT2D eigenvalue weighted by Gasteiger charge is 2.32. The van der Waals surface area contributed by atoms with Crippen molar-refractivity contribution < 1.29 is 13.2 Å². The maximum Gasteiger partial charge on any atom is 0.435 e. The van der Waals surface area contributed by atoms with Crippen LogP contribution in [-0.2, 0) is 6.18 Å². The zero-order valence-corrected chi connectivity index (χ0v) is 9.81. The Morgan fingerprint density at radius 3 is 2.71 bits per heavy atom. The molecule has 1 fully saturated rings. The number of thioether (sulfide) groups is 1. The molecule has 0 radical (unpaired) electrons. The van der Waals surface area contributed by atoms with Gasteiger partial charge in [-0.2, -0.15) is 24.9 Å². The molecule has 7 heteroatoms. The zero-order valence-electron chi connectivity index (χ0n) is 9.00. The molecule has 1 N–H and O–H groups in total. The number of aromatic nitrogens is 2. The predicted octanol–water partition coefficient (Wildman–Crippen LogP) is 2.66. The van der Waals surface area contributed by atoms with Crippen molar-refractivity contribution >= 4 is 17.6 Å². The highest BCUT2D eigenvalue weighted by molar-refractivity contribution is 7.99. The SMILES string of the molecule is FC(F)(F)c1ccc(NCC2CCSC2)nn1. The van der Waals surface area contributed by atoms with E-state index in [0.717, 1.165) is 30.5 Å². The van der Waals surface area contributed by atoms with Gasteiger partial charge in [0.15, 0.2) is 5.69 Å². The van der Waals surface area contributed by atoms with Gasteiger partial charge in [-0.25, -0.2) is 0 Å². The first-order chi connectivity index (χ1) is 8.05. The predicted molar refractivity (Wildman–Crippen MR) is 61.0 cm³/mol. The van der Waals surface area contributed by atoms with Crippen LogP contribution in [0.4, 0.5) is 19.0 Å². The third-order valence-corrected chi connectivity index (χ3v) is 3.78. The number of nitrogens with one attached hydrogen (secondary N) is 1. The zero-order chi connectivity index (χ0) is 12.3. The van der Waals surface area contributed by atoms with E-state index in [1.54, 1.807) is 0 Å². The molecule has 2 heterocycles. The summed E-state index contributed by atoms with van der Waals surface area (Å²) in [5, 5.41) is 9.68. The Balaban J connectivity index is 1.89. The van der Waals surface area contributed by atoms with Crippen molar-refractivity contribution in [2.24, 2.45) is 5.92 Å². The molecule has 0 aliphatic carbocycles. The van der Waals surface area contributed by atoms with Crippen LogP contribution in [0.15, 0.2) is 12.1 Å². The van der Waals surface area contributed by atoms with Crippen molar-refractivity contribution in [3.8, 4) is 0 Å². The van der Waals surface area contributed by atoms with Crippen LogP contribution >= 0.6 is 11.8 Å².